The van der Waals surface area contributed by atoms with Crippen LogP contribution in [0.3, 0.4) is 0 Å². The zero-order valence-corrected chi connectivity index (χ0v) is 15.0. The van der Waals surface area contributed by atoms with Crippen LogP contribution >= 0.6 is 0 Å². The molecule has 8 heteroatoms. The highest BCUT2D eigenvalue weighted by atomic mass is 32.2. The van der Waals surface area contributed by atoms with Gasteiger partial charge < -0.3 is 10.2 Å². The van der Waals surface area contributed by atoms with E-state index >= 15 is 0 Å². The average Bonchev–Trinajstić information content (AvgIpc) is 3.40. The smallest absolute Gasteiger partial charge is 0.246 e. The molecule has 0 radical (unpaired) electrons. The van der Waals surface area contributed by atoms with E-state index in [4.69, 9.17) is 0 Å². The third-order valence-electron chi connectivity index (χ3n) is 5.19. The Morgan fingerprint density at radius 2 is 1.92 bits per heavy atom. The molecule has 1 aliphatic carbocycles. The number of rotatable bonds is 5. The maximum absolute atomic E-state index is 13.0. The minimum absolute atomic E-state index is 0.0849. The summed E-state index contributed by atoms with van der Waals surface area (Å²) >= 11 is 0. The van der Waals surface area contributed by atoms with Crippen LogP contribution in [0, 0.1) is 0 Å². The molecule has 1 amide bonds. The number of likely N-dealkylation sites (tertiary alicyclic amines) is 1. The summed E-state index contributed by atoms with van der Waals surface area (Å²) in [5.74, 6) is 0.514. The Morgan fingerprint density at radius 1 is 1.16 bits per heavy atom. The molecule has 3 aliphatic rings. The van der Waals surface area contributed by atoms with Crippen LogP contribution in [0.15, 0.2) is 23.2 Å². The minimum Gasteiger partial charge on any atom is -0.364 e. The van der Waals surface area contributed by atoms with Gasteiger partial charge in [0.05, 0.1) is 6.04 Å². The van der Waals surface area contributed by atoms with Crippen molar-refractivity contribution >= 4 is 21.7 Å². The Balaban J connectivity index is 1.54. The molecule has 0 aromatic carbocycles. The third-order valence-corrected chi connectivity index (χ3v) is 7.12. The lowest BCUT2D eigenvalue weighted by Crippen LogP contribution is -2.36. The fourth-order valence-corrected chi connectivity index (χ4v) is 5.34. The number of carbonyl (C=O) groups is 1. The molecule has 4 rings (SSSR count). The highest BCUT2D eigenvalue weighted by molar-refractivity contribution is 7.89. The van der Waals surface area contributed by atoms with E-state index in [1.54, 1.807) is 22.6 Å². The summed E-state index contributed by atoms with van der Waals surface area (Å²) in [7, 11) is -3.56. The van der Waals surface area contributed by atoms with Crippen LogP contribution in [0.4, 0.5) is 5.82 Å². The van der Waals surface area contributed by atoms with E-state index in [1.807, 2.05) is 4.90 Å². The van der Waals surface area contributed by atoms with Gasteiger partial charge in [-0.1, -0.05) is 6.42 Å². The summed E-state index contributed by atoms with van der Waals surface area (Å²) in [6.07, 6.45) is 7.02. The van der Waals surface area contributed by atoms with Crippen molar-refractivity contribution in [2.45, 2.75) is 55.5 Å². The molecule has 2 aliphatic heterocycles. The molecule has 25 heavy (non-hydrogen) atoms. The maximum Gasteiger partial charge on any atom is 0.246 e. The van der Waals surface area contributed by atoms with Gasteiger partial charge in [-0.05, 0) is 37.8 Å². The van der Waals surface area contributed by atoms with E-state index in [2.05, 4.69) is 10.3 Å². The highest BCUT2D eigenvalue weighted by Gasteiger charge is 2.40. The number of sulfonamides is 1. The van der Waals surface area contributed by atoms with Crippen molar-refractivity contribution in [3.8, 4) is 0 Å². The molecule has 7 nitrogen and oxygen atoms in total. The summed E-state index contributed by atoms with van der Waals surface area (Å²) in [5.41, 5.74) is 0. The van der Waals surface area contributed by atoms with Crippen LogP contribution < -0.4 is 5.32 Å². The fraction of sp³-hybridized carbons (Fsp3) is 0.647. The second-order valence-corrected chi connectivity index (χ2v) is 9.04. The molecule has 1 N–H and O–H groups in total. The molecule has 0 bridgehead atoms. The van der Waals surface area contributed by atoms with Crippen LogP contribution in [-0.4, -0.2) is 60.2 Å². The van der Waals surface area contributed by atoms with Gasteiger partial charge in [0.1, 0.15) is 10.7 Å². The molecule has 2 saturated heterocycles. The topological polar surface area (TPSA) is 82.6 Å². The minimum atomic E-state index is -3.56. The monoisotopic (exact) mass is 364 g/mol. The summed E-state index contributed by atoms with van der Waals surface area (Å²) in [4.78, 5) is 18.5. The molecule has 1 aromatic heterocycles. The molecule has 1 atom stereocenters. The van der Waals surface area contributed by atoms with Gasteiger partial charge in [-0.2, -0.15) is 4.31 Å². The Bertz CT molecular complexity index is 757. The van der Waals surface area contributed by atoms with Gasteiger partial charge >= 0.3 is 0 Å². The van der Waals surface area contributed by atoms with E-state index in [9.17, 15) is 13.2 Å². The van der Waals surface area contributed by atoms with E-state index in [-0.39, 0.29) is 16.8 Å². The zero-order valence-electron chi connectivity index (χ0n) is 14.2. The normalized spacial score (nSPS) is 25.4. The Labute approximate surface area is 148 Å². The Morgan fingerprint density at radius 3 is 2.64 bits per heavy atom. The summed E-state index contributed by atoms with van der Waals surface area (Å²) in [6.45, 7) is 1.76. The molecule has 0 spiro atoms. The van der Waals surface area contributed by atoms with E-state index in [0.29, 0.717) is 37.9 Å². The lowest BCUT2D eigenvalue weighted by Gasteiger charge is -2.27. The number of anilines is 1. The maximum atomic E-state index is 13.0. The summed E-state index contributed by atoms with van der Waals surface area (Å²) in [6, 6.07) is 3.56. The molecule has 1 aromatic rings. The molecule has 3 fully saturated rings. The average molecular weight is 364 g/mol. The van der Waals surface area contributed by atoms with Gasteiger partial charge in [0.15, 0.2) is 0 Å². The van der Waals surface area contributed by atoms with Gasteiger partial charge in [-0.25, -0.2) is 13.4 Å². The lowest BCUT2D eigenvalue weighted by molar-refractivity contribution is -0.128. The second-order valence-electron chi connectivity index (χ2n) is 7.14. The number of hydrogen-bond donors (Lipinski definition) is 1. The van der Waals surface area contributed by atoms with E-state index in [1.165, 1.54) is 0 Å². The van der Waals surface area contributed by atoms with Crippen LogP contribution in [0.5, 0.6) is 0 Å². The van der Waals surface area contributed by atoms with Crippen LogP contribution in [0.2, 0.25) is 0 Å². The van der Waals surface area contributed by atoms with E-state index in [0.717, 1.165) is 32.1 Å². The number of piperidine rings is 1. The van der Waals surface area contributed by atoms with Gasteiger partial charge in [0.25, 0.3) is 0 Å². The fourth-order valence-electron chi connectivity index (χ4n) is 3.71. The Kier molecular flexibility index (Phi) is 4.41. The van der Waals surface area contributed by atoms with Gasteiger partial charge in [0.2, 0.25) is 15.9 Å². The van der Waals surface area contributed by atoms with Gasteiger partial charge in [0, 0.05) is 38.3 Å². The van der Waals surface area contributed by atoms with Crippen molar-refractivity contribution in [2.75, 3.05) is 25.0 Å². The van der Waals surface area contributed by atoms with Crippen molar-refractivity contribution in [1.82, 2.24) is 14.2 Å². The molecule has 3 heterocycles. The quantitative estimate of drug-likeness (QED) is 0.855. The van der Waals surface area contributed by atoms with Crippen molar-refractivity contribution in [2.24, 2.45) is 0 Å². The first kappa shape index (κ1) is 16.8. The number of nitrogens with zero attached hydrogens (tertiary/aromatic N) is 3. The number of pyridine rings is 1. The zero-order chi connectivity index (χ0) is 17.4. The van der Waals surface area contributed by atoms with Gasteiger partial charge in [-0.15, -0.1) is 0 Å². The third kappa shape index (κ3) is 3.37. The van der Waals surface area contributed by atoms with Crippen molar-refractivity contribution in [1.29, 1.82) is 0 Å². The number of aromatic nitrogens is 1. The SMILES string of the molecule is O=C1CC(Nc2ncccc2S(=O)(=O)N2CCCCC2)CN1C1CC1. The molecule has 1 saturated carbocycles. The highest BCUT2D eigenvalue weighted by Crippen LogP contribution is 2.32. The predicted octanol–water partition coefficient (Wildman–Crippen LogP) is 1.43. The first-order valence-corrected chi connectivity index (χ1v) is 10.5. The van der Waals surface area contributed by atoms with Crippen LogP contribution in [0.25, 0.3) is 0 Å². The second kappa shape index (κ2) is 6.57. The number of carbonyl (C=O) groups excluding carboxylic acids is 1. The number of nitrogens with one attached hydrogen (secondary N) is 1. The number of amides is 1. The standard InChI is InChI=1S/C17H24N4O3S/c22-16-11-13(12-21(16)14-6-7-14)19-17-15(5-4-8-18-17)25(23,24)20-9-2-1-3-10-20/h4-5,8,13-14H,1-3,6-7,9-12H2,(H,18,19). The van der Waals surface area contributed by atoms with Gasteiger partial charge in [-0.3, -0.25) is 4.79 Å². The van der Waals surface area contributed by atoms with Crippen molar-refractivity contribution in [3.63, 3.8) is 0 Å². The van der Waals surface area contributed by atoms with Crippen molar-refractivity contribution < 1.29 is 13.2 Å². The van der Waals surface area contributed by atoms with Crippen LogP contribution in [-0.2, 0) is 14.8 Å². The lowest BCUT2D eigenvalue weighted by atomic mass is 10.2. The van der Waals surface area contributed by atoms with Crippen LogP contribution in [0.1, 0.15) is 38.5 Å². The molecular formula is C17H24N4O3S. The van der Waals surface area contributed by atoms with Crippen molar-refractivity contribution in [3.05, 3.63) is 18.3 Å². The number of hydrogen-bond acceptors (Lipinski definition) is 5. The molecule has 1 unspecified atom stereocenters. The first-order chi connectivity index (χ1) is 12.1. The summed E-state index contributed by atoms with van der Waals surface area (Å²) < 4.78 is 27.5. The largest absolute Gasteiger partial charge is 0.364 e. The first-order valence-electron chi connectivity index (χ1n) is 9.07. The predicted molar refractivity (Wildman–Crippen MR) is 93.6 cm³/mol. The molecule has 136 valence electrons. The summed E-state index contributed by atoms with van der Waals surface area (Å²) in [5, 5.41) is 3.22. The van der Waals surface area contributed by atoms with E-state index < -0.39 is 10.0 Å². The Hall–Kier alpha value is -1.67. The molecular weight excluding hydrogens is 340 g/mol.